The second-order valence-electron chi connectivity index (χ2n) is 4.90. The first-order valence-corrected chi connectivity index (χ1v) is 7.67. The smallest absolute Gasteiger partial charge is 0.253 e. The number of amides is 1. The van der Waals surface area contributed by atoms with Crippen molar-refractivity contribution in [2.75, 3.05) is 11.9 Å². The number of pyridine rings is 1. The fourth-order valence-corrected chi connectivity index (χ4v) is 2.76. The summed E-state index contributed by atoms with van der Waals surface area (Å²) < 4.78 is 16.3. The summed E-state index contributed by atoms with van der Waals surface area (Å²) in [5.41, 5.74) is 6.20. The topological polar surface area (TPSA) is 85.3 Å². The van der Waals surface area contributed by atoms with Gasteiger partial charge in [-0.2, -0.15) is 0 Å². The maximum Gasteiger partial charge on any atom is 0.253 e. The van der Waals surface area contributed by atoms with Crippen LogP contribution in [0, 0.1) is 5.82 Å². The number of halogens is 2. The van der Waals surface area contributed by atoms with Crippen molar-refractivity contribution in [3.05, 3.63) is 58.2 Å². The lowest BCUT2D eigenvalue weighted by Crippen LogP contribution is -2.18. The molecule has 0 aliphatic rings. The van der Waals surface area contributed by atoms with Gasteiger partial charge in [0.2, 0.25) is 0 Å². The fraction of sp³-hybridized carbons (Fsp3) is 0.133. The summed E-state index contributed by atoms with van der Waals surface area (Å²) >= 11 is 3.20. The molecular formula is C15H13BrFN5O. The van der Waals surface area contributed by atoms with Crippen molar-refractivity contribution in [3.8, 4) is 0 Å². The summed E-state index contributed by atoms with van der Waals surface area (Å²) in [7, 11) is 0. The van der Waals surface area contributed by atoms with Crippen LogP contribution in [-0.2, 0) is 6.42 Å². The van der Waals surface area contributed by atoms with E-state index >= 15 is 0 Å². The van der Waals surface area contributed by atoms with Crippen molar-refractivity contribution in [1.82, 2.24) is 14.6 Å². The largest absolute Gasteiger partial charge is 0.384 e. The van der Waals surface area contributed by atoms with Crippen LogP contribution in [0.3, 0.4) is 0 Å². The lowest BCUT2D eigenvalue weighted by molar-refractivity contribution is 0.0997. The van der Waals surface area contributed by atoms with Gasteiger partial charge in [0.1, 0.15) is 11.6 Å². The first-order chi connectivity index (χ1) is 11.1. The quantitative estimate of drug-likeness (QED) is 0.714. The number of nitrogens with one attached hydrogen (secondary N) is 1. The molecule has 0 atom stereocenters. The molecule has 6 nitrogen and oxygen atoms in total. The monoisotopic (exact) mass is 377 g/mol. The summed E-state index contributed by atoms with van der Waals surface area (Å²) in [5.74, 6) is -0.711. The fourth-order valence-electron chi connectivity index (χ4n) is 2.33. The molecule has 3 aromatic rings. The van der Waals surface area contributed by atoms with Crippen LogP contribution >= 0.6 is 15.9 Å². The van der Waals surface area contributed by atoms with E-state index in [1.54, 1.807) is 6.07 Å². The van der Waals surface area contributed by atoms with Crippen molar-refractivity contribution in [2.24, 2.45) is 5.73 Å². The van der Waals surface area contributed by atoms with Crippen LogP contribution in [0.25, 0.3) is 5.65 Å². The molecule has 23 heavy (non-hydrogen) atoms. The molecule has 0 fully saturated rings. The molecule has 118 valence electrons. The Morgan fingerprint density at radius 1 is 1.35 bits per heavy atom. The van der Waals surface area contributed by atoms with Gasteiger partial charge in [0.15, 0.2) is 5.65 Å². The van der Waals surface area contributed by atoms with Gasteiger partial charge in [-0.1, -0.05) is 22.0 Å². The molecule has 0 radical (unpaired) electrons. The van der Waals surface area contributed by atoms with Gasteiger partial charge < -0.3 is 11.1 Å². The zero-order valence-electron chi connectivity index (χ0n) is 12.0. The highest BCUT2D eigenvalue weighted by molar-refractivity contribution is 9.10. The number of fused-ring (bicyclic) bond motifs is 1. The second kappa shape index (κ2) is 6.33. The van der Waals surface area contributed by atoms with Gasteiger partial charge >= 0.3 is 0 Å². The van der Waals surface area contributed by atoms with E-state index in [-0.39, 0.29) is 5.56 Å². The van der Waals surface area contributed by atoms with E-state index in [1.807, 2.05) is 28.8 Å². The number of hydrogen-bond acceptors (Lipinski definition) is 4. The van der Waals surface area contributed by atoms with Gasteiger partial charge in [-0.3, -0.25) is 9.20 Å². The van der Waals surface area contributed by atoms with Crippen molar-refractivity contribution in [3.63, 3.8) is 0 Å². The maximum absolute atomic E-state index is 13.9. The molecular weight excluding hydrogens is 365 g/mol. The summed E-state index contributed by atoms with van der Waals surface area (Å²) in [5, 5.41) is 11.2. The number of rotatable bonds is 5. The number of nitrogens with two attached hydrogens (primary N) is 1. The Morgan fingerprint density at radius 2 is 2.17 bits per heavy atom. The minimum atomic E-state index is -0.814. The molecule has 3 rings (SSSR count). The molecule has 0 aliphatic heterocycles. The predicted molar refractivity (Wildman–Crippen MR) is 87.8 cm³/mol. The lowest BCUT2D eigenvalue weighted by atomic mass is 10.1. The highest BCUT2D eigenvalue weighted by Crippen LogP contribution is 2.24. The summed E-state index contributed by atoms with van der Waals surface area (Å²) in [6.07, 6.45) is 2.43. The Hall–Kier alpha value is -2.48. The molecule has 0 spiro atoms. The van der Waals surface area contributed by atoms with Gasteiger partial charge in [0.25, 0.3) is 5.91 Å². The third kappa shape index (κ3) is 3.16. The van der Waals surface area contributed by atoms with E-state index in [0.29, 0.717) is 23.1 Å². The normalized spacial score (nSPS) is 10.9. The Kier molecular flexibility index (Phi) is 4.24. The summed E-state index contributed by atoms with van der Waals surface area (Å²) in [6, 6.07) is 8.46. The van der Waals surface area contributed by atoms with E-state index in [2.05, 4.69) is 31.4 Å². The highest BCUT2D eigenvalue weighted by Gasteiger charge is 2.15. The van der Waals surface area contributed by atoms with Crippen molar-refractivity contribution >= 4 is 33.2 Å². The Morgan fingerprint density at radius 3 is 2.96 bits per heavy atom. The van der Waals surface area contributed by atoms with Gasteiger partial charge in [0.05, 0.1) is 11.3 Å². The van der Waals surface area contributed by atoms with Crippen LogP contribution in [0.1, 0.15) is 16.2 Å². The number of anilines is 1. The third-order valence-electron chi connectivity index (χ3n) is 3.35. The molecule has 2 heterocycles. The molecule has 0 aliphatic carbocycles. The first-order valence-electron chi connectivity index (χ1n) is 6.87. The zero-order valence-corrected chi connectivity index (χ0v) is 13.5. The second-order valence-corrected chi connectivity index (χ2v) is 5.81. The first kappa shape index (κ1) is 15.4. The highest BCUT2D eigenvalue weighted by atomic mass is 79.9. The van der Waals surface area contributed by atoms with E-state index in [4.69, 9.17) is 5.73 Å². The minimum Gasteiger partial charge on any atom is -0.384 e. The van der Waals surface area contributed by atoms with Crippen LogP contribution in [-0.4, -0.2) is 27.0 Å². The maximum atomic E-state index is 13.9. The van der Waals surface area contributed by atoms with E-state index in [9.17, 15) is 9.18 Å². The number of nitrogens with zero attached hydrogens (tertiary/aromatic N) is 3. The number of carbonyl (C=O) groups excluding carboxylic acids is 1. The number of hydrogen-bond donors (Lipinski definition) is 2. The van der Waals surface area contributed by atoms with Gasteiger partial charge in [-0.15, -0.1) is 10.2 Å². The standard InChI is InChI=1S/C15H13BrFN5O/c16-9-7-10(17)14(15(18)23)11(8-9)19-5-4-13-21-20-12-3-1-2-6-22(12)13/h1-3,6-8,19H,4-5H2,(H2,18,23). The average molecular weight is 378 g/mol. The van der Waals surface area contributed by atoms with E-state index in [1.165, 1.54) is 6.07 Å². The number of aromatic nitrogens is 3. The van der Waals surface area contributed by atoms with Crippen LogP contribution in [0.5, 0.6) is 0 Å². The van der Waals surface area contributed by atoms with Crippen molar-refractivity contribution < 1.29 is 9.18 Å². The minimum absolute atomic E-state index is 0.153. The summed E-state index contributed by atoms with van der Waals surface area (Å²) in [4.78, 5) is 11.4. The van der Waals surface area contributed by atoms with Crippen LogP contribution in [0.4, 0.5) is 10.1 Å². The van der Waals surface area contributed by atoms with Gasteiger partial charge in [0, 0.05) is 23.6 Å². The molecule has 0 bridgehead atoms. The number of primary amides is 1. The molecule has 1 amide bonds. The molecule has 2 aromatic heterocycles. The molecule has 1 aromatic carbocycles. The van der Waals surface area contributed by atoms with Crippen LogP contribution < -0.4 is 11.1 Å². The van der Waals surface area contributed by atoms with Crippen LogP contribution in [0.15, 0.2) is 41.0 Å². The molecule has 0 saturated carbocycles. The van der Waals surface area contributed by atoms with Crippen LogP contribution in [0.2, 0.25) is 0 Å². The van der Waals surface area contributed by atoms with E-state index < -0.39 is 11.7 Å². The SMILES string of the molecule is NC(=O)c1c(F)cc(Br)cc1NCCc1nnc2ccccn12. The van der Waals surface area contributed by atoms with Crippen molar-refractivity contribution in [2.45, 2.75) is 6.42 Å². The third-order valence-corrected chi connectivity index (χ3v) is 3.81. The number of benzene rings is 1. The number of carbonyl (C=O) groups is 1. The van der Waals surface area contributed by atoms with E-state index in [0.717, 1.165) is 11.5 Å². The van der Waals surface area contributed by atoms with Crippen molar-refractivity contribution in [1.29, 1.82) is 0 Å². The molecule has 0 saturated heterocycles. The Labute approximate surface area is 139 Å². The lowest BCUT2D eigenvalue weighted by Gasteiger charge is -2.11. The van der Waals surface area contributed by atoms with Gasteiger partial charge in [-0.05, 0) is 24.3 Å². The van der Waals surface area contributed by atoms with Gasteiger partial charge in [-0.25, -0.2) is 4.39 Å². The molecule has 8 heteroatoms. The predicted octanol–water partition coefficient (Wildman–Crippen LogP) is 2.38. The Bertz CT molecular complexity index is 879. The summed E-state index contributed by atoms with van der Waals surface area (Å²) in [6.45, 7) is 0.450. The average Bonchev–Trinajstić information content (AvgIpc) is 2.89. The molecule has 3 N–H and O–H groups in total. The Balaban J connectivity index is 1.77. The molecule has 0 unspecified atom stereocenters. The zero-order chi connectivity index (χ0) is 16.4.